The van der Waals surface area contributed by atoms with E-state index < -0.39 is 27.8 Å². The molecule has 2 aromatic carbocycles. The van der Waals surface area contributed by atoms with Crippen LogP contribution in [0.1, 0.15) is 29.0 Å². The molecule has 142 valence electrons. The maximum absolute atomic E-state index is 14.3. The highest BCUT2D eigenvalue weighted by atomic mass is 35.5. The predicted octanol–water partition coefficient (Wildman–Crippen LogP) is 3.11. The molecule has 27 heavy (non-hydrogen) atoms. The van der Waals surface area contributed by atoms with Crippen LogP contribution in [-0.2, 0) is 17.1 Å². The number of rotatable bonds is 4. The van der Waals surface area contributed by atoms with Gasteiger partial charge in [0.2, 0.25) is 10.0 Å². The summed E-state index contributed by atoms with van der Waals surface area (Å²) in [5.74, 6) is -1.16. The van der Waals surface area contributed by atoms with Crippen LogP contribution >= 0.6 is 11.6 Å². The molecule has 6 nitrogen and oxygen atoms in total. The summed E-state index contributed by atoms with van der Waals surface area (Å²) >= 11 is 6.00. The highest BCUT2D eigenvalue weighted by Gasteiger charge is 2.20. The highest BCUT2D eigenvalue weighted by Crippen LogP contribution is 2.24. The van der Waals surface area contributed by atoms with Gasteiger partial charge in [0.05, 0.1) is 10.9 Å². The van der Waals surface area contributed by atoms with Crippen molar-refractivity contribution < 1.29 is 17.6 Å². The zero-order valence-electron chi connectivity index (χ0n) is 14.5. The summed E-state index contributed by atoms with van der Waals surface area (Å²) in [5.41, 5.74) is 1.34. The van der Waals surface area contributed by atoms with Crippen molar-refractivity contribution in [2.24, 2.45) is 12.2 Å². The molecule has 0 fully saturated rings. The van der Waals surface area contributed by atoms with Crippen LogP contribution in [0.25, 0.3) is 10.9 Å². The van der Waals surface area contributed by atoms with E-state index in [4.69, 9.17) is 16.7 Å². The molecular formula is C18H17ClFN3O3S. The second-order valence-electron chi connectivity index (χ2n) is 6.22. The minimum atomic E-state index is -4.00. The van der Waals surface area contributed by atoms with E-state index in [1.165, 1.54) is 12.1 Å². The second-order valence-corrected chi connectivity index (χ2v) is 8.21. The number of hydrogen-bond donors (Lipinski definition) is 2. The van der Waals surface area contributed by atoms with Gasteiger partial charge in [-0.25, -0.2) is 17.9 Å². The summed E-state index contributed by atoms with van der Waals surface area (Å²) in [4.78, 5) is 12.3. The fourth-order valence-corrected chi connectivity index (χ4v) is 3.60. The number of carbonyl (C=O) groups is 1. The first-order valence-electron chi connectivity index (χ1n) is 7.96. The molecule has 0 radical (unpaired) electrons. The third-order valence-corrected chi connectivity index (χ3v) is 5.50. The molecule has 3 rings (SSSR count). The van der Waals surface area contributed by atoms with Crippen LogP contribution in [0.4, 0.5) is 4.39 Å². The summed E-state index contributed by atoms with van der Waals surface area (Å²) in [6.45, 7) is 1.60. The average molecular weight is 410 g/mol. The molecule has 0 aliphatic carbocycles. The lowest BCUT2D eigenvalue weighted by atomic mass is 10.1. The molecule has 9 heteroatoms. The normalized spacial score (nSPS) is 12.9. The third-order valence-electron chi connectivity index (χ3n) is 4.35. The number of amides is 1. The van der Waals surface area contributed by atoms with Crippen LogP contribution in [0.2, 0.25) is 5.02 Å². The van der Waals surface area contributed by atoms with E-state index in [1.54, 1.807) is 36.7 Å². The predicted molar refractivity (Wildman–Crippen MR) is 102 cm³/mol. The number of nitrogens with two attached hydrogens (primary N) is 1. The van der Waals surface area contributed by atoms with Gasteiger partial charge in [0.15, 0.2) is 0 Å². The van der Waals surface area contributed by atoms with E-state index in [0.717, 1.165) is 17.0 Å². The summed E-state index contributed by atoms with van der Waals surface area (Å²) in [7, 11) is -2.26. The molecule has 1 unspecified atom stereocenters. The number of fused-ring (bicyclic) bond motifs is 1. The van der Waals surface area contributed by atoms with Gasteiger partial charge in [-0.3, -0.25) is 4.79 Å². The monoisotopic (exact) mass is 409 g/mol. The second kappa shape index (κ2) is 6.95. The molecule has 1 aromatic heterocycles. The Kier molecular flexibility index (Phi) is 4.98. The van der Waals surface area contributed by atoms with Gasteiger partial charge in [0.1, 0.15) is 11.5 Å². The number of carbonyl (C=O) groups excluding carboxylic acids is 1. The highest BCUT2D eigenvalue weighted by molar-refractivity contribution is 7.89. The zero-order chi connectivity index (χ0) is 19.9. The number of aromatic nitrogens is 1. The van der Waals surface area contributed by atoms with Crippen molar-refractivity contribution in [2.45, 2.75) is 17.9 Å². The van der Waals surface area contributed by atoms with E-state index in [-0.39, 0.29) is 10.5 Å². The van der Waals surface area contributed by atoms with Gasteiger partial charge in [-0.15, -0.1) is 0 Å². The fraction of sp³-hybridized carbons (Fsp3) is 0.167. The van der Waals surface area contributed by atoms with Gasteiger partial charge in [0.25, 0.3) is 5.91 Å². The smallest absolute Gasteiger partial charge is 0.268 e. The van der Waals surface area contributed by atoms with Gasteiger partial charge in [0, 0.05) is 28.5 Å². The van der Waals surface area contributed by atoms with Crippen LogP contribution in [0.15, 0.2) is 47.4 Å². The SMILES string of the molecule is CC(NC(=O)c1cc2ccc(Cl)cc2n1C)c1ccc(S(N)(=O)=O)cc1F. The number of sulfonamides is 1. The van der Waals surface area contributed by atoms with Crippen molar-refractivity contribution in [3.05, 3.63) is 64.6 Å². The first-order chi connectivity index (χ1) is 12.6. The van der Waals surface area contributed by atoms with E-state index in [1.807, 2.05) is 6.07 Å². The number of nitrogens with one attached hydrogen (secondary N) is 1. The first kappa shape index (κ1) is 19.3. The van der Waals surface area contributed by atoms with E-state index in [0.29, 0.717) is 10.7 Å². The van der Waals surface area contributed by atoms with Crippen LogP contribution in [0.3, 0.4) is 0 Å². The average Bonchev–Trinajstić information content (AvgIpc) is 2.90. The lowest BCUT2D eigenvalue weighted by Gasteiger charge is -2.16. The fourth-order valence-electron chi connectivity index (χ4n) is 2.91. The molecule has 1 atom stereocenters. The number of primary sulfonamides is 1. The molecule has 0 aliphatic rings. The Balaban J connectivity index is 1.87. The Morgan fingerprint density at radius 1 is 1.22 bits per heavy atom. The van der Waals surface area contributed by atoms with Crippen molar-refractivity contribution in [1.29, 1.82) is 0 Å². The summed E-state index contributed by atoms with van der Waals surface area (Å²) < 4.78 is 38.6. The zero-order valence-corrected chi connectivity index (χ0v) is 16.1. The molecule has 0 spiro atoms. The van der Waals surface area contributed by atoms with Crippen molar-refractivity contribution >= 4 is 38.4 Å². The minimum absolute atomic E-state index is 0.151. The van der Waals surface area contributed by atoms with Crippen molar-refractivity contribution in [3.8, 4) is 0 Å². The molecule has 0 bridgehead atoms. The largest absolute Gasteiger partial charge is 0.344 e. The first-order valence-corrected chi connectivity index (χ1v) is 9.88. The molecule has 3 aromatic rings. The van der Waals surface area contributed by atoms with Crippen molar-refractivity contribution in [2.75, 3.05) is 0 Å². The van der Waals surface area contributed by atoms with E-state index in [2.05, 4.69) is 5.32 Å². The Bertz CT molecular complexity index is 1160. The van der Waals surface area contributed by atoms with Crippen molar-refractivity contribution in [1.82, 2.24) is 9.88 Å². The summed E-state index contributed by atoms with van der Waals surface area (Å²) in [6.07, 6.45) is 0. The quantitative estimate of drug-likeness (QED) is 0.693. The van der Waals surface area contributed by atoms with Gasteiger partial charge in [-0.2, -0.15) is 0 Å². The van der Waals surface area contributed by atoms with Crippen LogP contribution in [-0.4, -0.2) is 18.9 Å². The maximum atomic E-state index is 14.3. The molecule has 0 saturated carbocycles. The summed E-state index contributed by atoms with van der Waals surface area (Å²) in [6, 6.07) is 9.66. The summed E-state index contributed by atoms with van der Waals surface area (Å²) in [5, 5.41) is 9.12. The van der Waals surface area contributed by atoms with Crippen LogP contribution < -0.4 is 10.5 Å². The van der Waals surface area contributed by atoms with Gasteiger partial charge in [-0.05, 0) is 37.3 Å². The number of aryl methyl sites for hydroxylation is 1. The van der Waals surface area contributed by atoms with Gasteiger partial charge >= 0.3 is 0 Å². The Morgan fingerprint density at radius 3 is 2.56 bits per heavy atom. The molecule has 0 saturated heterocycles. The maximum Gasteiger partial charge on any atom is 0.268 e. The molecule has 3 N–H and O–H groups in total. The number of benzene rings is 2. The molecule has 0 aliphatic heterocycles. The van der Waals surface area contributed by atoms with Gasteiger partial charge in [-0.1, -0.05) is 23.7 Å². The number of nitrogens with zero attached hydrogens (tertiary/aromatic N) is 1. The topological polar surface area (TPSA) is 94.2 Å². The van der Waals surface area contributed by atoms with Crippen LogP contribution in [0, 0.1) is 5.82 Å². The third kappa shape index (κ3) is 3.83. The van der Waals surface area contributed by atoms with Gasteiger partial charge < -0.3 is 9.88 Å². The lowest BCUT2D eigenvalue weighted by Crippen LogP contribution is -2.28. The minimum Gasteiger partial charge on any atom is -0.344 e. The molecule has 1 amide bonds. The standard InChI is InChI=1S/C18H17ClFN3O3S/c1-10(14-6-5-13(9-15(14)20)27(21,25)26)22-18(24)17-7-11-3-4-12(19)8-16(11)23(17)2/h3-10H,1-2H3,(H,22,24)(H2,21,25,26). The van der Waals surface area contributed by atoms with E-state index in [9.17, 15) is 17.6 Å². The lowest BCUT2D eigenvalue weighted by molar-refractivity contribution is 0.0931. The Morgan fingerprint density at radius 2 is 1.93 bits per heavy atom. The Labute approximate surface area is 160 Å². The Hall–Kier alpha value is -2.42. The molecule has 1 heterocycles. The van der Waals surface area contributed by atoms with Crippen LogP contribution in [0.5, 0.6) is 0 Å². The van der Waals surface area contributed by atoms with E-state index >= 15 is 0 Å². The number of halogens is 2. The van der Waals surface area contributed by atoms with Crippen molar-refractivity contribution in [3.63, 3.8) is 0 Å². The number of hydrogen-bond acceptors (Lipinski definition) is 3. The molecular weight excluding hydrogens is 393 g/mol.